The zero-order chi connectivity index (χ0) is 12.3. The molecule has 16 heavy (non-hydrogen) atoms. The van der Waals surface area contributed by atoms with Crippen LogP contribution in [-0.2, 0) is 0 Å². The van der Waals surface area contributed by atoms with Crippen molar-refractivity contribution in [3.8, 4) is 0 Å². The SMILES string of the molecule is CN(C)C(CC(C)(C)C)c1ccc(Cl)cc1. The lowest BCUT2D eigenvalue weighted by Crippen LogP contribution is -2.24. The predicted octanol–water partition coefficient (Wildman–Crippen LogP) is 4.38. The fraction of sp³-hybridized carbons (Fsp3) is 0.571. The fourth-order valence-electron chi connectivity index (χ4n) is 1.86. The second-order valence-electron chi connectivity index (χ2n) is 5.80. The van der Waals surface area contributed by atoms with Gasteiger partial charge in [0.15, 0.2) is 0 Å². The third kappa shape index (κ3) is 4.15. The zero-order valence-corrected chi connectivity index (χ0v) is 11.7. The Morgan fingerprint density at radius 2 is 1.62 bits per heavy atom. The summed E-state index contributed by atoms with van der Waals surface area (Å²) in [6.45, 7) is 6.83. The number of halogens is 1. The highest BCUT2D eigenvalue weighted by atomic mass is 35.5. The van der Waals surface area contributed by atoms with Gasteiger partial charge in [0, 0.05) is 11.1 Å². The van der Waals surface area contributed by atoms with Crippen LogP contribution in [0.2, 0.25) is 5.02 Å². The standard InChI is InChI=1S/C14H22ClN/c1-14(2,3)10-13(16(4)5)11-6-8-12(15)9-7-11/h6-9,13H,10H2,1-5H3. The van der Waals surface area contributed by atoms with Crippen LogP contribution in [0.1, 0.15) is 38.8 Å². The molecule has 1 aromatic rings. The fourth-order valence-corrected chi connectivity index (χ4v) is 1.99. The lowest BCUT2D eigenvalue weighted by Gasteiger charge is -2.31. The maximum atomic E-state index is 5.92. The summed E-state index contributed by atoms with van der Waals surface area (Å²) in [7, 11) is 4.26. The van der Waals surface area contributed by atoms with Crippen molar-refractivity contribution >= 4 is 11.6 Å². The number of nitrogens with zero attached hydrogens (tertiary/aromatic N) is 1. The largest absolute Gasteiger partial charge is 0.302 e. The molecule has 90 valence electrons. The molecule has 0 aromatic heterocycles. The molecule has 0 saturated carbocycles. The first-order valence-electron chi connectivity index (χ1n) is 5.71. The number of benzene rings is 1. The molecular weight excluding hydrogens is 218 g/mol. The summed E-state index contributed by atoms with van der Waals surface area (Å²) in [6.07, 6.45) is 1.14. The molecule has 1 rings (SSSR count). The third-order valence-corrected chi connectivity index (χ3v) is 2.94. The van der Waals surface area contributed by atoms with Gasteiger partial charge < -0.3 is 4.90 Å². The Morgan fingerprint density at radius 1 is 1.12 bits per heavy atom. The Hall–Kier alpha value is -0.530. The van der Waals surface area contributed by atoms with Crippen LogP contribution < -0.4 is 0 Å². The summed E-state index contributed by atoms with van der Waals surface area (Å²) in [5, 5.41) is 0.803. The van der Waals surface area contributed by atoms with E-state index < -0.39 is 0 Å². The Kier molecular flexibility index (Phi) is 4.40. The van der Waals surface area contributed by atoms with Crippen LogP contribution >= 0.6 is 11.6 Å². The number of hydrogen-bond donors (Lipinski definition) is 0. The van der Waals surface area contributed by atoms with Gasteiger partial charge in [-0.15, -0.1) is 0 Å². The molecule has 0 aliphatic carbocycles. The molecule has 0 aliphatic heterocycles. The van der Waals surface area contributed by atoms with Gasteiger partial charge in [0.05, 0.1) is 0 Å². The molecule has 0 aliphatic rings. The molecule has 2 heteroatoms. The van der Waals surface area contributed by atoms with Gasteiger partial charge in [0.1, 0.15) is 0 Å². The molecule has 0 amide bonds. The summed E-state index contributed by atoms with van der Waals surface area (Å²) in [5.41, 5.74) is 1.67. The van der Waals surface area contributed by atoms with Crippen LogP contribution in [0.4, 0.5) is 0 Å². The molecule has 0 saturated heterocycles. The minimum absolute atomic E-state index is 0.328. The molecule has 0 heterocycles. The summed E-state index contributed by atoms with van der Waals surface area (Å²) < 4.78 is 0. The van der Waals surface area contributed by atoms with Crippen LogP contribution in [0.15, 0.2) is 24.3 Å². The van der Waals surface area contributed by atoms with E-state index in [2.05, 4.69) is 51.9 Å². The normalized spacial score (nSPS) is 14.2. The van der Waals surface area contributed by atoms with Crippen molar-refractivity contribution in [2.75, 3.05) is 14.1 Å². The molecule has 1 atom stereocenters. The van der Waals surface area contributed by atoms with E-state index in [1.165, 1.54) is 5.56 Å². The van der Waals surface area contributed by atoms with E-state index in [1.807, 2.05) is 12.1 Å². The van der Waals surface area contributed by atoms with E-state index in [4.69, 9.17) is 11.6 Å². The Morgan fingerprint density at radius 3 is 2.00 bits per heavy atom. The molecule has 1 aromatic carbocycles. The van der Waals surface area contributed by atoms with Gasteiger partial charge in [0.2, 0.25) is 0 Å². The average molecular weight is 240 g/mol. The Bertz CT molecular complexity index is 322. The van der Waals surface area contributed by atoms with E-state index in [1.54, 1.807) is 0 Å². The zero-order valence-electron chi connectivity index (χ0n) is 10.9. The van der Waals surface area contributed by atoms with Crippen LogP contribution in [0.5, 0.6) is 0 Å². The van der Waals surface area contributed by atoms with Crippen molar-refractivity contribution in [2.24, 2.45) is 5.41 Å². The minimum Gasteiger partial charge on any atom is -0.302 e. The van der Waals surface area contributed by atoms with Gasteiger partial charge in [-0.3, -0.25) is 0 Å². The highest BCUT2D eigenvalue weighted by molar-refractivity contribution is 6.30. The van der Waals surface area contributed by atoms with Crippen molar-refractivity contribution in [3.05, 3.63) is 34.9 Å². The molecule has 1 nitrogen and oxygen atoms in total. The number of rotatable bonds is 3. The average Bonchev–Trinajstić information content (AvgIpc) is 2.14. The first-order valence-corrected chi connectivity index (χ1v) is 6.09. The van der Waals surface area contributed by atoms with Crippen LogP contribution in [0.25, 0.3) is 0 Å². The Labute approximate surface area is 104 Å². The molecular formula is C14H22ClN. The first kappa shape index (κ1) is 13.5. The topological polar surface area (TPSA) is 3.24 Å². The molecule has 0 bridgehead atoms. The smallest absolute Gasteiger partial charge is 0.0406 e. The maximum absolute atomic E-state index is 5.92. The maximum Gasteiger partial charge on any atom is 0.0406 e. The number of hydrogen-bond acceptors (Lipinski definition) is 1. The molecule has 1 unspecified atom stereocenters. The van der Waals surface area contributed by atoms with E-state index in [-0.39, 0.29) is 0 Å². The second kappa shape index (κ2) is 5.20. The second-order valence-corrected chi connectivity index (χ2v) is 6.23. The molecule has 0 spiro atoms. The molecule has 0 fully saturated rings. The monoisotopic (exact) mass is 239 g/mol. The highest BCUT2D eigenvalue weighted by Crippen LogP contribution is 2.32. The third-order valence-electron chi connectivity index (χ3n) is 2.68. The summed E-state index contributed by atoms with van der Waals surface area (Å²) in [4.78, 5) is 2.27. The highest BCUT2D eigenvalue weighted by Gasteiger charge is 2.21. The van der Waals surface area contributed by atoms with E-state index >= 15 is 0 Å². The van der Waals surface area contributed by atoms with E-state index in [9.17, 15) is 0 Å². The van der Waals surface area contributed by atoms with Gasteiger partial charge in [-0.05, 0) is 43.6 Å². The first-order chi connectivity index (χ1) is 7.29. The van der Waals surface area contributed by atoms with Gasteiger partial charge in [0.25, 0.3) is 0 Å². The van der Waals surface area contributed by atoms with E-state index in [0.717, 1.165) is 11.4 Å². The van der Waals surface area contributed by atoms with Crippen molar-refractivity contribution < 1.29 is 0 Å². The van der Waals surface area contributed by atoms with Gasteiger partial charge in [-0.1, -0.05) is 44.5 Å². The molecule has 0 N–H and O–H groups in total. The van der Waals surface area contributed by atoms with Crippen LogP contribution in [0.3, 0.4) is 0 Å². The minimum atomic E-state index is 0.328. The van der Waals surface area contributed by atoms with Gasteiger partial charge in [-0.25, -0.2) is 0 Å². The summed E-state index contributed by atoms with van der Waals surface area (Å²) in [6, 6.07) is 8.64. The lowest BCUT2D eigenvalue weighted by molar-refractivity contribution is 0.211. The summed E-state index contributed by atoms with van der Waals surface area (Å²) >= 11 is 5.92. The van der Waals surface area contributed by atoms with Crippen molar-refractivity contribution in [1.82, 2.24) is 4.90 Å². The lowest BCUT2D eigenvalue weighted by atomic mass is 9.85. The van der Waals surface area contributed by atoms with Gasteiger partial charge >= 0.3 is 0 Å². The van der Waals surface area contributed by atoms with Crippen molar-refractivity contribution in [3.63, 3.8) is 0 Å². The Balaban J connectivity index is 2.90. The molecule has 0 radical (unpaired) electrons. The van der Waals surface area contributed by atoms with Gasteiger partial charge in [-0.2, -0.15) is 0 Å². The van der Waals surface area contributed by atoms with Crippen LogP contribution in [0, 0.1) is 5.41 Å². The van der Waals surface area contributed by atoms with Crippen molar-refractivity contribution in [2.45, 2.75) is 33.2 Å². The predicted molar refractivity (Wildman–Crippen MR) is 72.0 cm³/mol. The van der Waals surface area contributed by atoms with Crippen LogP contribution in [-0.4, -0.2) is 19.0 Å². The summed E-state index contributed by atoms with van der Waals surface area (Å²) in [5.74, 6) is 0. The van der Waals surface area contributed by atoms with Crippen molar-refractivity contribution in [1.29, 1.82) is 0 Å². The van der Waals surface area contributed by atoms with E-state index in [0.29, 0.717) is 11.5 Å². The quantitative estimate of drug-likeness (QED) is 0.757.